The number of aromatic carboxylic acids is 1. The Hall–Kier alpha value is -1.59. The van der Waals surface area contributed by atoms with Crippen LogP contribution in [0.3, 0.4) is 0 Å². The van der Waals surface area contributed by atoms with Gasteiger partial charge in [-0.2, -0.15) is 0 Å². The standard InChI is InChI=1S/C12H11ClN2O2S/c1-7(8-3-2-4-9(13)5-8)15-12-14-6-10(18-12)11(16)17/h2-7H,1H3,(H,14,15)(H,16,17). The molecule has 1 aromatic carbocycles. The van der Waals surface area contributed by atoms with Crippen molar-refractivity contribution in [1.29, 1.82) is 0 Å². The zero-order chi connectivity index (χ0) is 13.1. The van der Waals surface area contributed by atoms with Gasteiger partial charge >= 0.3 is 5.97 Å². The molecule has 0 amide bonds. The van der Waals surface area contributed by atoms with Gasteiger partial charge in [-0.15, -0.1) is 0 Å². The number of rotatable bonds is 4. The van der Waals surface area contributed by atoms with Gasteiger partial charge in [0.1, 0.15) is 4.88 Å². The van der Waals surface area contributed by atoms with E-state index in [1.165, 1.54) is 6.20 Å². The number of hydrogen-bond donors (Lipinski definition) is 2. The number of aromatic nitrogens is 1. The van der Waals surface area contributed by atoms with Crippen molar-refractivity contribution in [2.24, 2.45) is 0 Å². The smallest absolute Gasteiger partial charge is 0.347 e. The van der Waals surface area contributed by atoms with Crippen LogP contribution in [0.25, 0.3) is 0 Å². The van der Waals surface area contributed by atoms with Crippen LogP contribution in [-0.2, 0) is 0 Å². The number of anilines is 1. The molecule has 0 radical (unpaired) electrons. The number of halogens is 1. The molecule has 1 unspecified atom stereocenters. The molecular weight excluding hydrogens is 272 g/mol. The highest BCUT2D eigenvalue weighted by atomic mass is 35.5. The first-order chi connectivity index (χ1) is 8.56. The molecule has 94 valence electrons. The monoisotopic (exact) mass is 282 g/mol. The molecule has 0 saturated heterocycles. The van der Waals surface area contributed by atoms with Crippen LogP contribution in [0, 0.1) is 0 Å². The largest absolute Gasteiger partial charge is 0.477 e. The summed E-state index contributed by atoms with van der Waals surface area (Å²) < 4.78 is 0. The van der Waals surface area contributed by atoms with E-state index in [1.54, 1.807) is 0 Å². The van der Waals surface area contributed by atoms with Gasteiger partial charge in [-0.1, -0.05) is 35.1 Å². The Morgan fingerprint density at radius 2 is 2.33 bits per heavy atom. The number of carboxylic acid groups (broad SMARTS) is 1. The number of hydrogen-bond acceptors (Lipinski definition) is 4. The molecule has 0 aliphatic heterocycles. The van der Waals surface area contributed by atoms with E-state index in [1.807, 2.05) is 31.2 Å². The molecule has 0 saturated carbocycles. The lowest BCUT2D eigenvalue weighted by atomic mass is 10.1. The molecule has 2 aromatic rings. The molecule has 1 aromatic heterocycles. The molecule has 0 aliphatic rings. The van der Waals surface area contributed by atoms with Crippen molar-refractivity contribution < 1.29 is 9.90 Å². The van der Waals surface area contributed by atoms with Crippen molar-refractivity contribution in [1.82, 2.24) is 4.98 Å². The van der Waals surface area contributed by atoms with E-state index < -0.39 is 5.97 Å². The fourth-order valence-electron chi connectivity index (χ4n) is 1.48. The van der Waals surface area contributed by atoms with Crippen LogP contribution in [0.2, 0.25) is 5.02 Å². The Morgan fingerprint density at radius 1 is 1.56 bits per heavy atom. The molecule has 0 fully saturated rings. The fourth-order valence-corrected chi connectivity index (χ4v) is 2.43. The lowest BCUT2D eigenvalue weighted by molar-refractivity contribution is 0.0702. The van der Waals surface area contributed by atoms with Gasteiger partial charge in [0.05, 0.1) is 12.2 Å². The summed E-state index contributed by atoms with van der Waals surface area (Å²) >= 11 is 7.03. The Balaban J connectivity index is 2.11. The third kappa shape index (κ3) is 3.00. The summed E-state index contributed by atoms with van der Waals surface area (Å²) in [7, 11) is 0. The van der Waals surface area contributed by atoms with Gasteiger partial charge in [0.25, 0.3) is 0 Å². The van der Waals surface area contributed by atoms with Crippen LogP contribution in [-0.4, -0.2) is 16.1 Å². The SMILES string of the molecule is CC(Nc1ncc(C(=O)O)s1)c1cccc(Cl)c1. The summed E-state index contributed by atoms with van der Waals surface area (Å²) in [6.07, 6.45) is 1.35. The van der Waals surface area contributed by atoms with Crippen LogP contribution in [0.4, 0.5) is 5.13 Å². The van der Waals surface area contributed by atoms with Gasteiger partial charge in [0, 0.05) is 5.02 Å². The van der Waals surface area contributed by atoms with Gasteiger partial charge in [0.15, 0.2) is 5.13 Å². The lowest BCUT2D eigenvalue weighted by Crippen LogP contribution is -2.05. The fraction of sp³-hybridized carbons (Fsp3) is 0.167. The van der Waals surface area contributed by atoms with Crippen molar-refractivity contribution in [3.63, 3.8) is 0 Å². The van der Waals surface area contributed by atoms with Crippen LogP contribution in [0.1, 0.15) is 28.2 Å². The first-order valence-corrected chi connectivity index (χ1v) is 6.47. The Labute approximate surface area is 113 Å². The second-order valence-corrected chi connectivity index (χ2v) is 5.22. The molecule has 2 N–H and O–H groups in total. The summed E-state index contributed by atoms with van der Waals surface area (Å²) in [6, 6.07) is 7.51. The maximum absolute atomic E-state index is 10.7. The summed E-state index contributed by atoms with van der Waals surface area (Å²) in [5.74, 6) is -0.962. The molecule has 1 atom stereocenters. The number of carbonyl (C=O) groups is 1. The molecular formula is C12H11ClN2O2S. The average molecular weight is 283 g/mol. The van der Waals surface area contributed by atoms with E-state index in [0.717, 1.165) is 16.9 Å². The molecule has 0 aliphatic carbocycles. The number of carboxylic acids is 1. The minimum atomic E-state index is -0.962. The second kappa shape index (κ2) is 5.37. The normalized spacial score (nSPS) is 12.1. The first-order valence-electron chi connectivity index (χ1n) is 5.27. The maximum Gasteiger partial charge on any atom is 0.347 e. The third-order valence-electron chi connectivity index (χ3n) is 2.41. The van der Waals surface area contributed by atoms with E-state index >= 15 is 0 Å². The van der Waals surface area contributed by atoms with E-state index in [2.05, 4.69) is 10.3 Å². The number of thiazole rings is 1. The van der Waals surface area contributed by atoms with Crippen LogP contribution < -0.4 is 5.32 Å². The van der Waals surface area contributed by atoms with Gasteiger partial charge < -0.3 is 10.4 Å². The van der Waals surface area contributed by atoms with Crippen LogP contribution >= 0.6 is 22.9 Å². The Morgan fingerprint density at radius 3 is 2.94 bits per heavy atom. The first kappa shape index (κ1) is 12.9. The minimum Gasteiger partial charge on any atom is -0.477 e. The third-order valence-corrected chi connectivity index (χ3v) is 3.56. The topological polar surface area (TPSA) is 62.2 Å². The van der Waals surface area contributed by atoms with Crippen molar-refractivity contribution in [2.75, 3.05) is 5.32 Å². The van der Waals surface area contributed by atoms with Gasteiger partial charge in [-0.05, 0) is 24.6 Å². The van der Waals surface area contributed by atoms with Crippen molar-refractivity contribution in [2.45, 2.75) is 13.0 Å². The second-order valence-electron chi connectivity index (χ2n) is 3.76. The zero-order valence-electron chi connectivity index (χ0n) is 9.55. The summed E-state index contributed by atoms with van der Waals surface area (Å²) in [5.41, 5.74) is 1.02. The van der Waals surface area contributed by atoms with Crippen LogP contribution in [0.15, 0.2) is 30.5 Å². The Bertz CT molecular complexity index is 571. The van der Waals surface area contributed by atoms with Crippen molar-refractivity contribution >= 4 is 34.0 Å². The lowest BCUT2D eigenvalue weighted by Gasteiger charge is -2.13. The molecule has 18 heavy (non-hydrogen) atoms. The molecule has 4 nitrogen and oxygen atoms in total. The number of nitrogens with one attached hydrogen (secondary N) is 1. The molecule has 6 heteroatoms. The van der Waals surface area contributed by atoms with E-state index in [0.29, 0.717) is 10.2 Å². The quantitative estimate of drug-likeness (QED) is 0.898. The highest BCUT2D eigenvalue weighted by Crippen LogP contribution is 2.25. The summed E-state index contributed by atoms with van der Waals surface area (Å²) in [5, 5.41) is 13.2. The molecule has 2 rings (SSSR count). The summed E-state index contributed by atoms with van der Waals surface area (Å²) in [6.45, 7) is 1.97. The zero-order valence-corrected chi connectivity index (χ0v) is 11.1. The highest BCUT2D eigenvalue weighted by Gasteiger charge is 2.11. The maximum atomic E-state index is 10.7. The van der Waals surface area contributed by atoms with Gasteiger partial charge in [-0.3, -0.25) is 0 Å². The average Bonchev–Trinajstić information content (AvgIpc) is 2.77. The molecule has 1 heterocycles. The van der Waals surface area contributed by atoms with E-state index in [4.69, 9.17) is 16.7 Å². The minimum absolute atomic E-state index is 0.0106. The molecule has 0 spiro atoms. The number of nitrogens with zero attached hydrogens (tertiary/aromatic N) is 1. The van der Waals surface area contributed by atoms with Gasteiger partial charge in [0.2, 0.25) is 0 Å². The van der Waals surface area contributed by atoms with Crippen molar-refractivity contribution in [3.8, 4) is 0 Å². The molecule has 0 bridgehead atoms. The predicted octanol–water partition coefficient (Wildman–Crippen LogP) is 3.67. The van der Waals surface area contributed by atoms with Crippen molar-refractivity contribution in [3.05, 3.63) is 45.9 Å². The van der Waals surface area contributed by atoms with Crippen LogP contribution in [0.5, 0.6) is 0 Å². The van der Waals surface area contributed by atoms with E-state index in [-0.39, 0.29) is 10.9 Å². The Kier molecular flexibility index (Phi) is 3.84. The van der Waals surface area contributed by atoms with E-state index in [9.17, 15) is 4.79 Å². The number of benzene rings is 1. The summed E-state index contributed by atoms with van der Waals surface area (Å²) in [4.78, 5) is 15.0. The van der Waals surface area contributed by atoms with Gasteiger partial charge in [-0.25, -0.2) is 9.78 Å². The predicted molar refractivity (Wildman–Crippen MR) is 72.6 cm³/mol. The highest BCUT2D eigenvalue weighted by molar-refractivity contribution is 7.17.